The highest BCUT2D eigenvalue weighted by molar-refractivity contribution is 7.99. The minimum Gasteiger partial charge on any atom is -0.351 e. The smallest absolute Gasteiger partial charge is 0.230 e. The van der Waals surface area contributed by atoms with Crippen LogP contribution in [0.3, 0.4) is 0 Å². The maximum atomic E-state index is 11.1. The standard InChI is InChI=1S/C8H17NOS/c1-5-8(2,3)9-7(10)6-11-4/h5-6H2,1-4H3,(H,9,10). The molecule has 0 unspecified atom stereocenters. The molecule has 0 radical (unpaired) electrons. The number of thioether (sulfide) groups is 1. The lowest BCUT2D eigenvalue weighted by Gasteiger charge is -2.24. The van der Waals surface area contributed by atoms with Crippen molar-refractivity contribution in [3.05, 3.63) is 0 Å². The molecule has 0 saturated heterocycles. The van der Waals surface area contributed by atoms with Gasteiger partial charge in [0.05, 0.1) is 5.75 Å². The molecule has 11 heavy (non-hydrogen) atoms. The van der Waals surface area contributed by atoms with E-state index >= 15 is 0 Å². The lowest BCUT2D eigenvalue weighted by molar-refractivity contribution is -0.120. The van der Waals surface area contributed by atoms with Gasteiger partial charge in [-0.15, -0.1) is 0 Å². The van der Waals surface area contributed by atoms with Crippen LogP contribution in [0.2, 0.25) is 0 Å². The van der Waals surface area contributed by atoms with Gasteiger partial charge in [-0.05, 0) is 26.5 Å². The lowest BCUT2D eigenvalue weighted by atomic mass is 10.0. The summed E-state index contributed by atoms with van der Waals surface area (Å²) in [4.78, 5) is 11.1. The van der Waals surface area contributed by atoms with E-state index in [-0.39, 0.29) is 11.4 Å². The summed E-state index contributed by atoms with van der Waals surface area (Å²) < 4.78 is 0. The van der Waals surface area contributed by atoms with Crippen molar-refractivity contribution >= 4 is 17.7 Å². The Balaban J connectivity index is 3.74. The monoisotopic (exact) mass is 175 g/mol. The van der Waals surface area contributed by atoms with Crippen LogP contribution >= 0.6 is 11.8 Å². The van der Waals surface area contributed by atoms with E-state index in [0.29, 0.717) is 5.75 Å². The van der Waals surface area contributed by atoms with Gasteiger partial charge in [0.15, 0.2) is 0 Å². The van der Waals surface area contributed by atoms with Crippen molar-refractivity contribution in [2.24, 2.45) is 0 Å². The van der Waals surface area contributed by atoms with E-state index in [2.05, 4.69) is 12.2 Å². The first-order valence-electron chi connectivity index (χ1n) is 3.82. The maximum Gasteiger partial charge on any atom is 0.230 e. The first-order valence-corrected chi connectivity index (χ1v) is 5.21. The van der Waals surface area contributed by atoms with Crippen molar-refractivity contribution in [2.75, 3.05) is 12.0 Å². The molecule has 2 nitrogen and oxygen atoms in total. The highest BCUT2D eigenvalue weighted by atomic mass is 32.2. The Hall–Kier alpha value is -0.180. The van der Waals surface area contributed by atoms with Crippen LogP contribution in [0.1, 0.15) is 27.2 Å². The van der Waals surface area contributed by atoms with E-state index in [1.54, 1.807) is 11.8 Å². The molecule has 1 N–H and O–H groups in total. The average Bonchev–Trinajstić information content (AvgIpc) is 1.87. The Bertz CT molecular complexity index is 134. The SMILES string of the molecule is CCC(C)(C)NC(=O)CSC. The molecule has 0 saturated carbocycles. The molecule has 0 spiro atoms. The molecule has 3 heteroatoms. The number of carbonyl (C=O) groups is 1. The third-order valence-electron chi connectivity index (χ3n) is 1.64. The minimum absolute atomic E-state index is 0.0488. The predicted molar refractivity (Wildman–Crippen MR) is 50.9 cm³/mol. The third kappa shape index (κ3) is 5.13. The minimum atomic E-state index is -0.0488. The fourth-order valence-corrected chi connectivity index (χ4v) is 0.967. The van der Waals surface area contributed by atoms with Crippen molar-refractivity contribution in [2.45, 2.75) is 32.7 Å². The maximum absolute atomic E-state index is 11.1. The van der Waals surface area contributed by atoms with Gasteiger partial charge in [-0.1, -0.05) is 6.92 Å². The zero-order valence-corrected chi connectivity index (χ0v) is 8.55. The van der Waals surface area contributed by atoms with Crippen LogP contribution in [0.25, 0.3) is 0 Å². The van der Waals surface area contributed by atoms with Crippen LogP contribution in [0, 0.1) is 0 Å². The summed E-state index contributed by atoms with van der Waals surface area (Å²) in [6.45, 7) is 6.13. The van der Waals surface area contributed by atoms with Crippen LogP contribution in [0.15, 0.2) is 0 Å². The van der Waals surface area contributed by atoms with E-state index in [1.807, 2.05) is 20.1 Å². The van der Waals surface area contributed by atoms with Gasteiger partial charge in [0.2, 0.25) is 5.91 Å². The van der Waals surface area contributed by atoms with Gasteiger partial charge in [0, 0.05) is 5.54 Å². The van der Waals surface area contributed by atoms with Crippen molar-refractivity contribution < 1.29 is 4.79 Å². The third-order valence-corrected chi connectivity index (χ3v) is 2.19. The van der Waals surface area contributed by atoms with E-state index in [0.717, 1.165) is 6.42 Å². The summed E-state index contributed by atoms with van der Waals surface area (Å²) in [5.74, 6) is 0.688. The second-order valence-corrected chi connectivity index (χ2v) is 4.08. The Labute approximate surface area is 73.1 Å². The van der Waals surface area contributed by atoms with Gasteiger partial charge in [-0.2, -0.15) is 11.8 Å². The number of nitrogens with one attached hydrogen (secondary N) is 1. The zero-order chi connectivity index (χ0) is 8.91. The largest absolute Gasteiger partial charge is 0.351 e. The molecule has 0 atom stereocenters. The van der Waals surface area contributed by atoms with Gasteiger partial charge in [0.25, 0.3) is 0 Å². The van der Waals surface area contributed by atoms with Gasteiger partial charge >= 0.3 is 0 Å². The Kier molecular flexibility index (Phi) is 4.57. The van der Waals surface area contributed by atoms with Crippen LogP contribution < -0.4 is 5.32 Å². The summed E-state index contributed by atoms with van der Waals surface area (Å²) in [7, 11) is 0. The van der Waals surface area contributed by atoms with Gasteiger partial charge in [-0.25, -0.2) is 0 Å². The van der Waals surface area contributed by atoms with E-state index < -0.39 is 0 Å². The first-order chi connectivity index (χ1) is 5.02. The zero-order valence-electron chi connectivity index (χ0n) is 7.73. The van der Waals surface area contributed by atoms with Crippen LogP contribution in [0.4, 0.5) is 0 Å². The summed E-state index contributed by atoms with van der Waals surface area (Å²) in [5.41, 5.74) is -0.0488. The Morgan fingerprint density at radius 1 is 1.55 bits per heavy atom. The second-order valence-electron chi connectivity index (χ2n) is 3.22. The summed E-state index contributed by atoms with van der Waals surface area (Å²) >= 11 is 1.55. The molecule has 0 aromatic carbocycles. The highest BCUT2D eigenvalue weighted by Crippen LogP contribution is 2.06. The topological polar surface area (TPSA) is 29.1 Å². The first kappa shape index (κ1) is 10.8. The Morgan fingerprint density at radius 2 is 2.09 bits per heavy atom. The van der Waals surface area contributed by atoms with E-state index in [9.17, 15) is 4.79 Å². The fourth-order valence-electron chi connectivity index (χ4n) is 0.633. The summed E-state index contributed by atoms with van der Waals surface area (Å²) in [6.07, 6.45) is 2.89. The number of hydrogen-bond donors (Lipinski definition) is 1. The normalized spacial score (nSPS) is 11.3. The Morgan fingerprint density at radius 3 is 2.45 bits per heavy atom. The molecule has 0 rings (SSSR count). The molecular weight excluding hydrogens is 158 g/mol. The van der Waals surface area contributed by atoms with Crippen molar-refractivity contribution in [3.63, 3.8) is 0 Å². The number of carbonyl (C=O) groups excluding carboxylic acids is 1. The second kappa shape index (κ2) is 4.65. The van der Waals surface area contributed by atoms with Crippen LogP contribution in [0.5, 0.6) is 0 Å². The van der Waals surface area contributed by atoms with Crippen LogP contribution in [-0.2, 0) is 4.79 Å². The van der Waals surface area contributed by atoms with E-state index in [4.69, 9.17) is 0 Å². The van der Waals surface area contributed by atoms with Gasteiger partial charge in [-0.3, -0.25) is 4.79 Å². The van der Waals surface area contributed by atoms with E-state index in [1.165, 1.54) is 0 Å². The molecule has 0 aliphatic rings. The molecule has 0 fully saturated rings. The molecule has 1 amide bonds. The number of rotatable bonds is 4. The van der Waals surface area contributed by atoms with Gasteiger partial charge in [0.1, 0.15) is 0 Å². The summed E-state index contributed by atoms with van der Waals surface area (Å²) in [5, 5.41) is 2.95. The quantitative estimate of drug-likeness (QED) is 0.704. The molecule has 0 aliphatic heterocycles. The molecule has 0 bridgehead atoms. The lowest BCUT2D eigenvalue weighted by Crippen LogP contribution is -2.43. The van der Waals surface area contributed by atoms with Gasteiger partial charge < -0.3 is 5.32 Å². The molecule has 0 aromatic rings. The van der Waals surface area contributed by atoms with Crippen LogP contribution in [-0.4, -0.2) is 23.5 Å². The molecule has 0 aromatic heterocycles. The van der Waals surface area contributed by atoms with Crippen molar-refractivity contribution in [1.29, 1.82) is 0 Å². The summed E-state index contributed by atoms with van der Waals surface area (Å²) in [6, 6.07) is 0. The molecule has 0 aliphatic carbocycles. The molecule has 0 heterocycles. The predicted octanol–water partition coefficient (Wildman–Crippen LogP) is 1.65. The highest BCUT2D eigenvalue weighted by Gasteiger charge is 2.16. The number of amides is 1. The number of hydrogen-bond acceptors (Lipinski definition) is 2. The van der Waals surface area contributed by atoms with Crippen molar-refractivity contribution in [3.8, 4) is 0 Å². The molecule has 66 valence electrons. The fraction of sp³-hybridized carbons (Fsp3) is 0.875. The average molecular weight is 175 g/mol. The molecular formula is C8H17NOS. The van der Waals surface area contributed by atoms with Crippen molar-refractivity contribution in [1.82, 2.24) is 5.32 Å².